The van der Waals surface area contributed by atoms with Crippen molar-refractivity contribution in [3.63, 3.8) is 0 Å². The predicted octanol–water partition coefficient (Wildman–Crippen LogP) is 0.530. The number of ether oxygens (including phenoxy) is 1. The van der Waals surface area contributed by atoms with E-state index in [1.165, 1.54) is 10.4 Å². The summed E-state index contributed by atoms with van der Waals surface area (Å²) in [6, 6.07) is 2.32. The highest BCUT2D eigenvalue weighted by Gasteiger charge is 2.40. The van der Waals surface area contributed by atoms with Gasteiger partial charge >= 0.3 is 5.97 Å². The summed E-state index contributed by atoms with van der Waals surface area (Å²) in [5.74, 6) is -1.67. The van der Waals surface area contributed by atoms with Crippen LogP contribution in [0.1, 0.15) is 23.4 Å². The fourth-order valence-corrected chi connectivity index (χ4v) is 3.89. The van der Waals surface area contributed by atoms with E-state index in [2.05, 4.69) is 0 Å². The molecular formula is C11H13NO6S. The first-order chi connectivity index (χ1) is 8.96. The van der Waals surface area contributed by atoms with Crippen LogP contribution in [-0.4, -0.2) is 49.1 Å². The van der Waals surface area contributed by atoms with Gasteiger partial charge in [0.05, 0.1) is 12.2 Å². The van der Waals surface area contributed by atoms with Crippen LogP contribution >= 0.6 is 0 Å². The summed E-state index contributed by atoms with van der Waals surface area (Å²) < 4.78 is 36.4. The van der Waals surface area contributed by atoms with Gasteiger partial charge in [-0.2, -0.15) is 4.31 Å². The van der Waals surface area contributed by atoms with E-state index in [0.29, 0.717) is 13.1 Å². The van der Waals surface area contributed by atoms with E-state index >= 15 is 0 Å². The summed E-state index contributed by atoms with van der Waals surface area (Å²) in [5.41, 5.74) is 0. The van der Waals surface area contributed by atoms with E-state index in [1.807, 2.05) is 0 Å². The smallest absolute Gasteiger partial charge is 0.371 e. The quantitative estimate of drug-likeness (QED) is 0.871. The summed E-state index contributed by atoms with van der Waals surface area (Å²) in [5, 5.41) is 8.42. The molecule has 3 rings (SSSR count). The zero-order valence-corrected chi connectivity index (χ0v) is 10.8. The summed E-state index contributed by atoms with van der Waals surface area (Å²) in [6.45, 7) is 0.587. The first kappa shape index (κ1) is 12.6. The molecule has 7 nitrogen and oxygen atoms in total. The molecule has 2 atom stereocenters. The standard InChI is InChI=1S/C11H13NO6S/c13-11(14)9-3-4-10(18-9)19(15,16)12-5-7-1-2-8(6-12)17-7/h3-4,7-8H,1-2,5-6H2,(H,13,14). The van der Waals surface area contributed by atoms with E-state index in [0.717, 1.165) is 18.9 Å². The lowest BCUT2D eigenvalue weighted by Gasteiger charge is -2.30. The van der Waals surface area contributed by atoms with Gasteiger partial charge in [0.25, 0.3) is 10.0 Å². The molecule has 2 aliphatic rings. The van der Waals surface area contributed by atoms with Crippen LogP contribution < -0.4 is 0 Å². The van der Waals surface area contributed by atoms with Crippen LogP contribution in [-0.2, 0) is 14.8 Å². The zero-order valence-electron chi connectivity index (χ0n) is 9.98. The number of morpholine rings is 1. The summed E-state index contributed by atoms with van der Waals surface area (Å²) in [4.78, 5) is 10.7. The number of fused-ring (bicyclic) bond motifs is 2. The van der Waals surface area contributed by atoms with Crippen molar-refractivity contribution in [3.8, 4) is 0 Å². The van der Waals surface area contributed by atoms with Gasteiger partial charge in [0.1, 0.15) is 0 Å². The number of hydrogen-bond acceptors (Lipinski definition) is 5. The molecule has 0 amide bonds. The molecule has 2 bridgehead atoms. The minimum Gasteiger partial charge on any atom is -0.475 e. The van der Waals surface area contributed by atoms with Crippen LogP contribution in [0.3, 0.4) is 0 Å². The molecule has 0 saturated carbocycles. The van der Waals surface area contributed by atoms with Gasteiger partial charge in [-0.25, -0.2) is 13.2 Å². The number of hydrogen-bond donors (Lipinski definition) is 1. The Morgan fingerprint density at radius 2 is 1.89 bits per heavy atom. The number of carboxylic acids is 1. The Morgan fingerprint density at radius 3 is 2.42 bits per heavy atom. The zero-order chi connectivity index (χ0) is 13.6. The van der Waals surface area contributed by atoms with Crippen LogP contribution in [0.25, 0.3) is 0 Å². The molecule has 8 heteroatoms. The average Bonchev–Trinajstić information content (AvgIpc) is 2.96. The lowest BCUT2D eigenvalue weighted by Crippen LogP contribution is -2.45. The molecule has 2 saturated heterocycles. The molecule has 0 aliphatic carbocycles. The Balaban J connectivity index is 1.87. The fraction of sp³-hybridized carbons (Fsp3) is 0.545. The SMILES string of the molecule is O=C(O)c1ccc(S(=O)(=O)N2CC3CCC(C2)O3)o1. The molecule has 19 heavy (non-hydrogen) atoms. The molecule has 0 radical (unpaired) electrons. The highest BCUT2D eigenvalue weighted by atomic mass is 32.2. The van der Waals surface area contributed by atoms with Gasteiger partial charge < -0.3 is 14.3 Å². The third-order valence-corrected chi connectivity index (χ3v) is 5.10. The van der Waals surface area contributed by atoms with E-state index < -0.39 is 16.0 Å². The third-order valence-electron chi connectivity index (χ3n) is 3.40. The highest BCUT2D eigenvalue weighted by molar-refractivity contribution is 7.89. The maximum Gasteiger partial charge on any atom is 0.371 e. The van der Waals surface area contributed by atoms with Crippen molar-refractivity contribution in [1.29, 1.82) is 0 Å². The highest BCUT2D eigenvalue weighted by Crippen LogP contribution is 2.30. The second-order valence-electron chi connectivity index (χ2n) is 4.70. The maximum atomic E-state index is 12.3. The first-order valence-electron chi connectivity index (χ1n) is 5.95. The molecule has 104 valence electrons. The number of sulfonamides is 1. The van der Waals surface area contributed by atoms with Crippen LogP contribution in [0.2, 0.25) is 0 Å². The second kappa shape index (κ2) is 4.32. The van der Waals surface area contributed by atoms with Crippen molar-refractivity contribution in [2.75, 3.05) is 13.1 Å². The Hall–Kier alpha value is -1.38. The van der Waals surface area contributed by atoms with Crippen LogP contribution in [0.5, 0.6) is 0 Å². The Morgan fingerprint density at radius 1 is 1.26 bits per heavy atom. The van der Waals surface area contributed by atoms with Crippen molar-refractivity contribution in [2.45, 2.75) is 30.1 Å². The topological polar surface area (TPSA) is 97.0 Å². The summed E-state index contributed by atoms with van der Waals surface area (Å²) in [6.07, 6.45) is 1.58. The van der Waals surface area contributed by atoms with Gasteiger partial charge in [0.2, 0.25) is 10.9 Å². The van der Waals surface area contributed by atoms with E-state index in [1.54, 1.807) is 0 Å². The van der Waals surface area contributed by atoms with Crippen molar-refractivity contribution in [2.24, 2.45) is 0 Å². The van der Waals surface area contributed by atoms with E-state index in [4.69, 9.17) is 14.3 Å². The summed E-state index contributed by atoms with van der Waals surface area (Å²) >= 11 is 0. The normalized spacial score (nSPS) is 27.6. The fourth-order valence-electron chi connectivity index (χ4n) is 2.47. The number of furan rings is 1. The average molecular weight is 287 g/mol. The number of aromatic carboxylic acids is 1. The van der Waals surface area contributed by atoms with Crippen molar-refractivity contribution in [3.05, 3.63) is 17.9 Å². The monoisotopic (exact) mass is 287 g/mol. The molecule has 2 aliphatic heterocycles. The second-order valence-corrected chi connectivity index (χ2v) is 6.57. The van der Waals surface area contributed by atoms with Gasteiger partial charge in [0, 0.05) is 13.1 Å². The Labute approximate surface area is 109 Å². The molecule has 0 spiro atoms. The van der Waals surface area contributed by atoms with Gasteiger partial charge in [0.15, 0.2) is 0 Å². The molecule has 1 N–H and O–H groups in total. The number of nitrogens with zero attached hydrogens (tertiary/aromatic N) is 1. The number of rotatable bonds is 3. The van der Waals surface area contributed by atoms with Crippen molar-refractivity contribution < 1.29 is 27.5 Å². The predicted molar refractivity (Wildman–Crippen MR) is 62.3 cm³/mol. The molecular weight excluding hydrogens is 274 g/mol. The lowest BCUT2D eigenvalue weighted by atomic mass is 10.2. The molecule has 2 fully saturated rings. The molecule has 1 aromatic heterocycles. The van der Waals surface area contributed by atoms with Gasteiger partial charge in [-0.3, -0.25) is 0 Å². The minimum absolute atomic E-state index is 0.0672. The molecule has 3 heterocycles. The summed E-state index contributed by atoms with van der Waals surface area (Å²) in [7, 11) is -3.78. The Bertz CT molecular complexity index is 594. The van der Waals surface area contributed by atoms with Crippen molar-refractivity contribution >= 4 is 16.0 Å². The van der Waals surface area contributed by atoms with Gasteiger partial charge in [-0.05, 0) is 25.0 Å². The van der Waals surface area contributed by atoms with Crippen LogP contribution in [0.15, 0.2) is 21.6 Å². The van der Waals surface area contributed by atoms with Gasteiger partial charge in [-0.1, -0.05) is 0 Å². The van der Waals surface area contributed by atoms with Gasteiger partial charge in [-0.15, -0.1) is 0 Å². The van der Waals surface area contributed by atoms with Crippen LogP contribution in [0.4, 0.5) is 0 Å². The maximum absolute atomic E-state index is 12.3. The third kappa shape index (κ3) is 2.15. The molecule has 0 aromatic carbocycles. The van der Waals surface area contributed by atoms with Crippen LogP contribution in [0, 0.1) is 0 Å². The molecule has 1 aromatic rings. The number of carboxylic acid groups (broad SMARTS) is 1. The van der Waals surface area contributed by atoms with Crippen molar-refractivity contribution in [1.82, 2.24) is 4.31 Å². The largest absolute Gasteiger partial charge is 0.475 e. The number of carbonyl (C=O) groups is 1. The van der Waals surface area contributed by atoms with E-state index in [-0.39, 0.29) is 23.1 Å². The molecule has 2 unspecified atom stereocenters. The van der Waals surface area contributed by atoms with E-state index in [9.17, 15) is 13.2 Å². The first-order valence-corrected chi connectivity index (χ1v) is 7.39. The lowest BCUT2D eigenvalue weighted by molar-refractivity contribution is -0.0118. The minimum atomic E-state index is -3.78. The Kier molecular flexibility index (Phi) is 2.88.